The number of aryl methyl sites for hydroxylation is 1. The van der Waals surface area contributed by atoms with Gasteiger partial charge in [0.25, 0.3) is 0 Å². The Labute approximate surface area is 118 Å². The number of benzene rings is 1. The molecule has 0 radical (unpaired) electrons. The Morgan fingerprint density at radius 3 is 2.32 bits per heavy atom. The third-order valence-corrected chi connectivity index (χ3v) is 5.51. The first-order valence-corrected chi connectivity index (χ1v) is 7.37. The number of rotatable bonds is 1. The molecule has 0 saturated heterocycles. The topological polar surface area (TPSA) is 20.2 Å². The van der Waals surface area contributed by atoms with Crippen molar-refractivity contribution in [3.63, 3.8) is 0 Å². The van der Waals surface area contributed by atoms with Gasteiger partial charge in [0.1, 0.15) is 0 Å². The highest BCUT2D eigenvalue weighted by atomic mass is 16.3. The molecule has 1 N–H and O–H groups in total. The fourth-order valence-corrected chi connectivity index (χ4v) is 4.04. The van der Waals surface area contributed by atoms with Crippen molar-refractivity contribution >= 4 is 0 Å². The van der Waals surface area contributed by atoms with Gasteiger partial charge < -0.3 is 5.11 Å². The molecule has 0 aliphatic heterocycles. The maximum absolute atomic E-state index is 9.65. The Balaban J connectivity index is 2.83. The van der Waals surface area contributed by atoms with E-state index in [1.54, 1.807) is 0 Å². The summed E-state index contributed by atoms with van der Waals surface area (Å²) in [5.74, 6) is 0.675. The third-order valence-electron chi connectivity index (χ3n) is 5.51. The van der Waals surface area contributed by atoms with Crippen LogP contribution in [0.3, 0.4) is 0 Å². The molecule has 0 aromatic heterocycles. The lowest BCUT2D eigenvalue weighted by Gasteiger charge is -2.48. The zero-order valence-electron chi connectivity index (χ0n) is 13.5. The molecule has 0 fully saturated rings. The fraction of sp³-hybridized carbons (Fsp3) is 0.667. The normalized spacial score (nSPS) is 24.1. The van der Waals surface area contributed by atoms with Crippen LogP contribution in [0.5, 0.6) is 0 Å². The summed E-state index contributed by atoms with van der Waals surface area (Å²) >= 11 is 0. The van der Waals surface area contributed by atoms with Crippen LogP contribution < -0.4 is 0 Å². The molecule has 1 aromatic carbocycles. The van der Waals surface area contributed by atoms with E-state index < -0.39 is 0 Å². The van der Waals surface area contributed by atoms with E-state index in [0.717, 1.165) is 5.56 Å². The fourth-order valence-electron chi connectivity index (χ4n) is 4.04. The maximum atomic E-state index is 9.65. The zero-order valence-corrected chi connectivity index (χ0v) is 13.5. The Bertz CT molecular complexity index is 509. The van der Waals surface area contributed by atoms with Gasteiger partial charge in [0.15, 0.2) is 0 Å². The van der Waals surface area contributed by atoms with E-state index in [2.05, 4.69) is 54.5 Å². The van der Waals surface area contributed by atoms with Crippen LogP contribution >= 0.6 is 0 Å². The number of hydrogen-bond acceptors (Lipinski definition) is 1. The first-order chi connectivity index (χ1) is 8.63. The van der Waals surface area contributed by atoms with Gasteiger partial charge in [-0.05, 0) is 64.8 Å². The van der Waals surface area contributed by atoms with Gasteiger partial charge in [-0.25, -0.2) is 0 Å². The van der Waals surface area contributed by atoms with E-state index in [1.165, 1.54) is 28.7 Å². The molecule has 1 aromatic rings. The van der Waals surface area contributed by atoms with E-state index in [4.69, 9.17) is 0 Å². The van der Waals surface area contributed by atoms with Crippen LogP contribution in [0.25, 0.3) is 0 Å². The van der Waals surface area contributed by atoms with Crippen molar-refractivity contribution in [2.45, 2.75) is 72.3 Å². The molecular formula is C18H28O. The van der Waals surface area contributed by atoms with Crippen LogP contribution in [0.4, 0.5) is 0 Å². The second kappa shape index (κ2) is 4.34. The molecule has 19 heavy (non-hydrogen) atoms. The van der Waals surface area contributed by atoms with Gasteiger partial charge >= 0.3 is 0 Å². The molecule has 0 spiro atoms. The summed E-state index contributed by atoms with van der Waals surface area (Å²) in [6.45, 7) is 16.3. The third kappa shape index (κ3) is 2.03. The first-order valence-electron chi connectivity index (χ1n) is 7.37. The minimum Gasteiger partial charge on any atom is -0.392 e. The van der Waals surface area contributed by atoms with Crippen LogP contribution in [0.2, 0.25) is 0 Å². The summed E-state index contributed by atoms with van der Waals surface area (Å²) < 4.78 is 0. The molecular weight excluding hydrogens is 232 g/mol. The lowest BCUT2D eigenvalue weighted by Crippen LogP contribution is -2.41. The van der Waals surface area contributed by atoms with Crippen LogP contribution in [0, 0.1) is 19.8 Å². The van der Waals surface area contributed by atoms with Crippen molar-refractivity contribution < 1.29 is 5.11 Å². The predicted octanol–water partition coefficient (Wildman–Crippen LogP) is 4.39. The average Bonchev–Trinajstić information content (AvgIpc) is 2.25. The lowest BCUT2D eigenvalue weighted by atomic mass is 9.57. The van der Waals surface area contributed by atoms with E-state index in [0.29, 0.717) is 5.92 Å². The monoisotopic (exact) mass is 260 g/mol. The Hall–Kier alpha value is -0.820. The molecule has 1 unspecified atom stereocenters. The van der Waals surface area contributed by atoms with Crippen molar-refractivity contribution in [1.82, 2.24) is 0 Å². The van der Waals surface area contributed by atoms with E-state index in [-0.39, 0.29) is 17.4 Å². The van der Waals surface area contributed by atoms with Crippen molar-refractivity contribution in [2.24, 2.45) is 5.92 Å². The van der Waals surface area contributed by atoms with E-state index in [1.807, 2.05) is 0 Å². The summed E-state index contributed by atoms with van der Waals surface area (Å²) in [6.07, 6.45) is 1.21. The molecule has 1 aliphatic rings. The van der Waals surface area contributed by atoms with Gasteiger partial charge in [-0.15, -0.1) is 0 Å². The first kappa shape index (κ1) is 14.6. The molecule has 1 heteroatoms. The van der Waals surface area contributed by atoms with Gasteiger partial charge in [0.2, 0.25) is 0 Å². The van der Waals surface area contributed by atoms with Crippen molar-refractivity contribution in [3.05, 3.63) is 33.9 Å². The number of aliphatic hydroxyl groups is 1. The Morgan fingerprint density at radius 2 is 1.79 bits per heavy atom. The molecule has 0 bridgehead atoms. The molecule has 1 nitrogen and oxygen atoms in total. The van der Waals surface area contributed by atoms with Gasteiger partial charge in [-0.2, -0.15) is 0 Å². The molecule has 1 atom stereocenters. The molecule has 1 aliphatic carbocycles. The highest BCUT2D eigenvalue weighted by molar-refractivity contribution is 5.52. The van der Waals surface area contributed by atoms with Crippen molar-refractivity contribution in [3.8, 4) is 0 Å². The van der Waals surface area contributed by atoms with Gasteiger partial charge in [0, 0.05) is 0 Å². The lowest BCUT2D eigenvalue weighted by molar-refractivity contribution is 0.230. The molecule has 106 valence electrons. The second-order valence-electron chi connectivity index (χ2n) is 7.59. The van der Waals surface area contributed by atoms with Crippen LogP contribution in [0.15, 0.2) is 6.07 Å². The predicted molar refractivity (Wildman–Crippen MR) is 81.7 cm³/mol. The highest BCUT2D eigenvalue weighted by Crippen LogP contribution is 2.51. The average molecular weight is 260 g/mol. The minimum atomic E-state index is 0.150. The Kier molecular flexibility index (Phi) is 3.33. The van der Waals surface area contributed by atoms with Gasteiger partial charge in [-0.3, -0.25) is 0 Å². The number of aliphatic hydroxyl groups excluding tert-OH is 1. The van der Waals surface area contributed by atoms with Gasteiger partial charge in [0.05, 0.1) is 6.61 Å². The van der Waals surface area contributed by atoms with Crippen molar-refractivity contribution in [2.75, 3.05) is 0 Å². The Morgan fingerprint density at radius 1 is 1.21 bits per heavy atom. The largest absolute Gasteiger partial charge is 0.392 e. The molecule has 0 amide bonds. The maximum Gasteiger partial charge on any atom is 0.0687 e. The second-order valence-corrected chi connectivity index (χ2v) is 7.59. The smallest absolute Gasteiger partial charge is 0.0687 e. The molecule has 0 heterocycles. The highest BCUT2D eigenvalue weighted by Gasteiger charge is 2.43. The number of fused-ring (bicyclic) bond motifs is 1. The van der Waals surface area contributed by atoms with Crippen LogP contribution in [-0.4, -0.2) is 5.11 Å². The SMILES string of the molecule is Cc1cc2c(c(C)c1CO)C(C)(C)CC(C)C2(C)C. The zero-order chi connectivity index (χ0) is 14.6. The molecule has 2 rings (SSSR count). The van der Waals surface area contributed by atoms with E-state index >= 15 is 0 Å². The summed E-state index contributed by atoms with van der Waals surface area (Å²) in [5.41, 5.74) is 7.05. The van der Waals surface area contributed by atoms with Crippen molar-refractivity contribution in [1.29, 1.82) is 0 Å². The van der Waals surface area contributed by atoms with Gasteiger partial charge in [-0.1, -0.05) is 40.7 Å². The van der Waals surface area contributed by atoms with Crippen LogP contribution in [-0.2, 0) is 17.4 Å². The standard InChI is InChI=1S/C18H28O/c1-11-8-15-16(13(3)14(11)10-19)17(4,5)9-12(2)18(15,6)7/h8,12,19H,9-10H2,1-7H3. The van der Waals surface area contributed by atoms with Crippen LogP contribution in [0.1, 0.15) is 68.9 Å². The minimum absolute atomic E-state index is 0.150. The number of hydrogen-bond donors (Lipinski definition) is 1. The molecule has 0 saturated carbocycles. The van der Waals surface area contributed by atoms with E-state index in [9.17, 15) is 5.11 Å². The summed E-state index contributed by atoms with van der Waals surface area (Å²) in [5, 5.41) is 9.65. The summed E-state index contributed by atoms with van der Waals surface area (Å²) in [4.78, 5) is 0. The summed E-state index contributed by atoms with van der Waals surface area (Å²) in [7, 11) is 0. The summed E-state index contributed by atoms with van der Waals surface area (Å²) in [6, 6.07) is 2.32. The quantitative estimate of drug-likeness (QED) is 0.794.